The number of furan rings is 1. The van der Waals surface area contributed by atoms with Gasteiger partial charge in [-0.1, -0.05) is 0 Å². The Morgan fingerprint density at radius 1 is 1.38 bits per heavy atom. The molecule has 0 amide bonds. The van der Waals surface area contributed by atoms with Gasteiger partial charge in [-0.3, -0.25) is 4.90 Å². The van der Waals surface area contributed by atoms with E-state index in [0.717, 1.165) is 36.1 Å². The maximum Gasteiger partial charge on any atom is 0.241 e. The molecule has 3 N–H and O–H groups in total. The van der Waals surface area contributed by atoms with Gasteiger partial charge in [0.15, 0.2) is 0 Å². The molecule has 0 spiro atoms. The van der Waals surface area contributed by atoms with Gasteiger partial charge in [-0.2, -0.15) is 16.7 Å². The van der Waals surface area contributed by atoms with Crippen LogP contribution in [0.4, 0.5) is 11.9 Å². The van der Waals surface area contributed by atoms with Gasteiger partial charge < -0.3 is 15.5 Å². The van der Waals surface area contributed by atoms with Gasteiger partial charge in [-0.15, -0.1) is 5.10 Å². The SMILES string of the molecule is Cc1cc(CSCCNc2nc(N)nn2C)oc1CN1CCCC1. The summed E-state index contributed by atoms with van der Waals surface area (Å²) in [7, 11) is 1.83. The van der Waals surface area contributed by atoms with Crippen LogP contribution in [0.25, 0.3) is 0 Å². The van der Waals surface area contributed by atoms with Gasteiger partial charge in [-0.05, 0) is 44.5 Å². The third-order valence-corrected chi connectivity index (χ3v) is 5.17. The molecule has 0 radical (unpaired) electrons. The molecule has 3 heterocycles. The molecule has 2 aromatic heterocycles. The predicted molar refractivity (Wildman–Crippen MR) is 98.0 cm³/mol. The maximum atomic E-state index is 6.04. The number of aryl methyl sites for hydroxylation is 2. The molecular formula is C16H26N6OS. The lowest BCUT2D eigenvalue weighted by molar-refractivity contribution is 0.293. The lowest BCUT2D eigenvalue weighted by atomic mass is 10.2. The van der Waals surface area contributed by atoms with E-state index in [4.69, 9.17) is 10.2 Å². The fourth-order valence-corrected chi connectivity index (χ4v) is 3.66. The zero-order valence-electron chi connectivity index (χ0n) is 14.4. The molecule has 3 rings (SSSR count). The highest BCUT2D eigenvalue weighted by Crippen LogP contribution is 2.22. The Morgan fingerprint density at radius 3 is 2.88 bits per heavy atom. The normalized spacial score (nSPS) is 15.2. The first-order valence-corrected chi connectivity index (χ1v) is 9.56. The van der Waals surface area contributed by atoms with Crippen LogP contribution in [0.1, 0.15) is 29.9 Å². The molecular weight excluding hydrogens is 324 g/mol. The van der Waals surface area contributed by atoms with Crippen molar-refractivity contribution in [2.24, 2.45) is 7.05 Å². The van der Waals surface area contributed by atoms with E-state index in [1.807, 2.05) is 18.8 Å². The number of nitrogens with two attached hydrogens (primary N) is 1. The molecule has 8 heteroatoms. The molecule has 0 aliphatic carbocycles. The van der Waals surface area contributed by atoms with E-state index in [1.165, 1.54) is 31.5 Å². The lowest BCUT2D eigenvalue weighted by Crippen LogP contribution is -2.18. The van der Waals surface area contributed by atoms with Crippen LogP contribution < -0.4 is 11.1 Å². The molecule has 132 valence electrons. The molecule has 1 saturated heterocycles. The highest BCUT2D eigenvalue weighted by molar-refractivity contribution is 7.98. The van der Waals surface area contributed by atoms with Crippen LogP contribution in [0.15, 0.2) is 10.5 Å². The van der Waals surface area contributed by atoms with Crippen molar-refractivity contribution in [3.8, 4) is 0 Å². The van der Waals surface area contributed by atoms with Crippen molar-refractivity contribution in [1.82, 2.24) is 19.7 Å². The zero-order valence-corrected chi connectivity index (χ0v) is 15.2. The maximum absolute atomic E-state index is 6.04. The molecule has 0 bridgehead atoms. The van der Waals surface area contributed by atoms with Gasteiger partial charge in [0.05, 0.1) is 12.3 Å². The monoisotopic (exact) mass is 350 g/mol. The zero-order chi connectivity index (χ0) is 16.9. The summed E-state index contributed by atoms with van der Waals surface area (Å²) in [6, 6.07) is 2.18. The Morgan fingerprint density at radius 2 is 2.17 bits per heavy atom. The van der Waals surface area contributed by atoms with Crippen molar-refractivity contribution in [2.45, 2.75) is 32.1 Å². The number of nitrogens with zero attached hydrogens (tertiary/aromatic N) is 4. The summed E-state index contributed by atoms with van der Waals surface area (Å²) in [5.41, 5.74) is 6.83. The minimum absolute atomic E-state index is 0.296. The smallest absolute Gasteiger partial charge is 0.241 e. The number of hydrogen-bond acceptors (Lipinski definition) is 7. The second-order valence-electron chi connectivity index (χ2n) is 6.20. The fraction of sp³-hybridized carbons (Fsp3) is 0.625. The molecule has 1 aliphatic rings. The van der Waals surface area contributed by atoms with E-state index in [-0.39, 0.29) is 0 Å². The Bertz CT molecular complexity index is 662. The number of nitrogen functional groups attached to an aromatic ring is 1. The lowest BCUT2D eigenvalue weighted by Gasteiger charge is -2.12. The number of hydrogen-bond donors (Lipinski definition) is 2. The highest BCUT2D eigenvalue weighted by atomic mass is 32.2. The van der Waals surface area contributed by atoms with Crippen molar-refractivity contribution in [3.63, 3.8) is 0 Å². The molecule has 0 saturated carbocycles. The Balaban J connectivity index is 1.39. The number of nitrogens with one attached hydrogen (secondary N) is 1. The van der Waals surface area contributed by atoms with Crippen LogP contribution in [0.3, 0.4) is 0 Å². The number of rotatable bonds is 8. The summed E-state index contributed by atoms with van der Waals surface area (Å²) in [4.78, 5) is 6.59. The first-order valence-electron chi connectivity index (χ1n) is 8.40. The summed E-state index contributed by atoms with van der Waals surface area (Å²) in [6.07, 6.45) is 2.62. The molecule has 7 nitrogen and oxygen atoms in total. The van der Waals surface area contributed by atoms with Gasteiger partial charge in [0.2, 0.25) is 11.9 Å². The summed E-state index contributed by atoms with van der Waals surface area (Å²) < 4.78 is 7.69. The second-order valence-corrected chi connectivity index (χ2v) is 7.30. The fourth-order valence-electron chi connectivity index (χ4n) is 2.93. The largest absolute Gasteiger partial charge is 0.464 e. The van der Waals surface area contributed by atoms with E-state index < -0.39 is 0 Å². The summed E-state index contributed by atoms with van der Waals surface area (Å²) in [5, 5.41) is 7.24. The van der Waals surface area contributed by atoms with Gasteiger partial charge >= 0.3 is 0 Å². The quantitative estimate of drug-likeness (QED) is 0.706. The number of anilines is 2. The van der Waals surface area contributed by atoms with Crippen LogP contribution in [0.5, 0.6) is 0 Å². The van der Waals surface area contributed by atoms with Crippen molar-refractivity contribution >= 4 is 23.7 Å². The first kappa shape index (κ1) is 17.2. The van der Waals surface area contributed by atoms with Gasteiger partial charge in [0.25, 0.3) is 0 Å². The van der Waals surface area contributed by atoms with Crippen LogP contribution in [0, 0.1) is 6.92 Å². The van der Waals surface area contributed by atoms with Gasteiger partial charge in [0.1, 0.15) is 11.5 Å². The Hall–Kier alpha value is -1.67. The van der Waals surface area contributed by atoms with E-state index in [2.05, 4.69) is 33.3 Å². The van der Waals surface area contributed by atoms with Crippen molar-refractivity contribution in [3.05, 3.63) is 23.2 Å². The number of thioether (sulfide) groups is 1. The minimum Gasteiger partial charge on any atom is -0.464 e. The van der Waals surface area contributed by atoms with Gasteiger partial charge in [-0.25, -0.2) is 4.68 Å². The third-order valence-electron chi connectivity index (χ3n) is 4.19. The van der Waals surface area contributed by atoms with E-state index in [1.54, 1.807) is 4.68 Å². The Labute approximate surface area is 147 Å². The van der Waals surface area contributed by atoms with Crippen molar-refractivity contribution in [1.29, 1.82) is 0 Å². The number of likely N-dealkylation sites (tertiary alicyclic amines) is 1. The standard InChI is InChI=1S/C16H26N6OS/c1-12-9-13(23-14(12)10-22-6-3-4-7-22)11-24-8-5-18-16-19-15(17)20-21(16)2/h9H,3-8,10-11H2,1-2H3,(H3,17,18,19,20). The molecule has 0 atom stereocenters. The molecule has 1 aliphatic heterocycles. The van der Waals surface area contributed by atoms with E-state index in [0.29, 0.717) is 11.9 Å². The van der Waals surface area contributed by atoms with E-state index >= 15 is 0 Å². The molecule has 2 aromatic rings. The average Bonchev–Trinajstić information content (AvgIpc) is 3.23. The van der Waals surface area contributed by atoms with Crippen LogP contribution >= 0.6 is 11.8 Å². The van der Waals surface area contributed by atoms with Crippen LogP contribution in [-0.4, -0.2) is 45.1 Å². The van der Waals surface area contributed by atoms with Crippen molar-refractivity contribution in [2.75, 3.05) is 36.4 Å². The third kappa shape index (κ3) is 4.45. The number of aromatic nitrogens is 3. The highest BCUT2D eigenvalue weighted by Gasteiger charge is 2.16. The first-order chi connectivity index (χ1) is 11.6. The second kappa shape index (κ2) is 7.94. The van der Waals surface area contributed by atoms with Crippen molar-refractivity contribution < 1.29 is 4.42 Å². The average molecular weight is 350 g/mol. The van der Waals surface area contributed by atoms with Crippen LogP contribution in [0.2, 0.25) is 0 Å². The molecule has 0 aromatic carbocycles. The predicted octanol–water partition coefficient (Wildman–Crippen LogP) is 2.24. The van der Waals surface area contributed by atoms with Gasteiger partial charge in [0, 0.05) is 19.3 Å². The minimum atomic E-state index is 0.296. The van der Waals surface area contributed by atoms with E-state index in [9.17, 15) is 0 Å². The summed E-state index contributed by atoms with van der Waals surface area (Å²) in [5.74, 6) is 5.05. The topological polar surface area (TPSA) is 85.1 Å². The molecule has 0 unspecified atom stereocenters. The Kier molecular flexibility index (Phi) is 5.68. The summed E-state index contributed by atoms with van der Waals surface area (Å²) >= 11 is 1.84. The van der Waals surface area contributed by atoms with Crippen LogP contribution in [-0.2, 0) is 19.3 Å². The molecule has 24 heavy (non-hydrogen) atoms. The summed E-state index contributed by atoms with van der Waals surface area (Å²) in [6.45, 7) is 6.30. The molecule has 1 fully saturated rings.